The quantitative estimate of drug-likeness (QED) is 0.760. The Kier molecular flexibility index (Phi) is 2.63. The second kappa shape index (κ2) is 4.29. The van der Waals surface area contributed by atoms with Crippen molar-refractivity contribution in [1.82, 2.24) is 0 Å². The molecule has 0 N–H and O–H groups in total. The van der Waals surface area contributed by atoms with Gasteiger partial charge in [-0.2, -0.15) is 0 Å². The van der Waals surface area contributed by atoms with Crippen molar-refractivity contribution in [2.75, 3.05) is 24.5 Å². The fourth-order valence-electron chi connectivity index (χ4n) is 2.15. The van der Waals surface area contributed by atoms with Crippen molar-refractivity contribution in [3.05, 3.63) is 30.0 Å². The average Bonchev–Trinajstić information content (AvgIpc) is 2.82. The van der Waals surface area contributed by atoms with E-state index in [0.29, 0.717) is 5.76 Å². The van der Waals surface area contributed by atoms with Gasteiger partial charge < -0.3 is 9.32 Å². The molecule has 0 aliphatic carbocycles. The van der Waals surface area contributed by atoms with Gasteiger partial charge in [0.2, 0.25) is 0 Å². The molecule has 0 atom stereocenters. The van der Waals surface area contributed by atoms with E-state index in [1.807, 2.05) is 18.3 Å². The Hall–Kier alpha value is -2.10. The van der Waals surface area contributed by atoms with Gasteiger partial charge in [-0.05, 0) is 24.3 Å². The Bertz CT molecular complexity index is 628. The predicted molar refractivity (Wildman–Crippen MR) is 71.8 cm³/mol. The van der Waals surface area contributed by atoms with Crippen LogP contribution in [0.5, 0.6) is 0 Å². The summed E-state index contributed by atoms with van der Waals surface area (Å²) in [5.74, 6) is 0.375. The molecule has 0 spiro atoms. The third kappa shape index (κ3) is 1.90. The number of fused-ring (bicyclic) bond motifs is 1. The first-order chi connectivity index (χ1) is 8.74. The Morgan fingerprint density at radius 3 is 3.00 bits per heavy atom. The monoisotopic (exact) mass is 242 g/mol. The summed E-state index contributed by atoms with van der Waals surface area (Å²) in [4.78, 5) is 17.7. The van der Waals surface area contributed by atoms with Crippen LogP contribution in [-0.2, 0) is 0 Å². The zero-order chi connectivity index (χ0) is 12.5. The standard InChI is InChI=1S/C14H14N2O2/c1-10(17)14-9-11-8-12(2-3-13(11)18-14)16-6-4-15-5-7-16/h2-4,8-9H,5-7H2,1H3. The number of benzene rings is 1. The Labute approximate surface area is 105 Å². The van der Waals surface area contributed by atoms with Gasteiger partial charge >= 0.3 is 0 Å². The van der Waals surface area contributed by atoms with E-state index in [0.717, 1.165) is 36.3 Å². The molecular weight excluding hydrogens is 228 g/mol. The van der Waals surface area contributed by atoms with Crippen LogP contribution in [0.25, 0.3) is 11.0 Å². The van der Waals surface area contributed by atoms with E-state index < -0.39 is 0 Å². The van der Waals surface area contributed by atoms with Crippen molar-refractivity contribution < 1.29 is 9.21 Å². The second-order valence-corrected chi connectivity index (χ2v) is 4.42. The van der Waals surface area contributed by atoms with Crippen LogP contribution in [0.3, 0.4) is 0 Å². The number of hydrogen-bond donors (Lipinski definition) is 0. The summed E-state index contributed by atoms with van der Waals surface area (Å²) in [7, 11) is 0. The Morgan fingerprint density at radius 2 is 2.28 bits per heavy atom. The number of nitrogens with zero attached hydrogens (tertiary/aromatic N) is 2. The fraction of sp³-hybridized carbons (Fsp3) is 0.286. The SMILES string of the molecule is CC(=O)c1cc2cc(N3CC=NCC3)ccc2o1. The number of rotatable bonds is 2. The van der Waals surface area contributed by atoms with Gasteiger partial charge in [-0.15, -0.1) is 0 Å². The van der Waals surface area contributed by atoms with Crippen LogP contribution in [0.4, 0.5) is 5.69 Å². The van der Waals surface area contributed by atoms with E-state index in [-0.39, 0.29) is 5.78 Å². The molecule has 0 unspecified atom stereocenters. The maximum atomic E-state index is 11.3. The van der Waals surface area contributed by atoms with E-state index >= 15 is 0 Å². The fourth-order valence-corrected chi connectivity index (χ4v) is 2.15. The van der Waals surface area contributed by atoms with Gasteiger partial charge in [-0.3, -0.25) is 9.79 Å². The van der Waals surface area contributed by atoms with E-state index in [4.69, 9.17) is 4.42 Å². The number of hydrogen-bond acceptors (Lipinski definition) is 4. The van der Waals surface area contributed by atoms with Gasteiger partial charge in [0.1, 0.15) is 5.58 Å². The topological polar surface area (TPSA) is 45.8 Å². The first-order valence-electron chi connectivity index (χ1n) is 6.02. The molecule has 0 bridgehead atoms. The molecule has 2 heterocycles. The molecule has 1 aromatic carbocycles. The van der Waals surface area contributed by atoms with Gasteiger partial charge in [0.25, 0.3) is 0 Å². The number of furan rings is 1. The summed E-state index contributed by atoms with van der Waals surface area (Å²) >= 11 is 0. The number of ketones is 1. The molecule has 4 heteroatoms. The number of carbonyl (C=O) groups excluding carboxylic acids is 1. The largest absolute Gasteiger partial charge is 0.453 e. The van der Waals surface area contributed by atoms with Gasteiger partial charge in [0, 0.05) is 30.8 Å². The molecule has 0 saturated heterocycles. The molecule has 4 nitrogen and oxygen atoms in total. The summed E-state index contributed by atoms with van der Waals surface area (Å²) in [6.45, 7) is 4.12. The summed E-state index contributed by atoms with van der Waals surface area (Å²) in [5.41, 5.74) is 1.90. The molecule has 1 aliphatic rings. The Balaban J connectivity index is 1.99. The average molecular weight is 242 g/mol. The second-order valence-electron chi connectivity index (χ2n) is 4.42. The predicted octanol–water partition coefficient (Wildman–Crippen LogP) is 2.53. The molecule has 0 radical (unpaired) electrons. The molecule has 0 amide bonds. The van der Waals surface area contributed by atoms with E-state index in [1.165, 1.54) is 6.92 Å². The van der Waals surface area contributed by atoms with Gasteiger partial charge in [-0.25, -0.2) is 0 Å². The summed E-state index contributed by atoms with van der Waals surface area (Å²) in [6.07, 6.45) is 1.93. The highest BCUT2D eigenvalue weighted by Gasteiger charge is 2.12. The first-order valence-corrected chi connectivity index (χ1v) is 6.02. The number of anilines is 1. The highest BCUT2D eigenvalue weighted by molar-refractivity contribution is 5.96. The van der Waals surface area contributed by atoms with Gasteiger partial charge in [0.05, 0.1) is 13.1 Å². The third-order valence-electron chi connectivity index (χ3n) is 3.14. The molecule has 3 rings (SSSR count). The molecule has 2 aromatic rings. The van der Waals surface area contributed by atoms with E-state index in [1.54, 1.807) is 6.07 Å². The van der Waals surface area contributed by atoms with Crippen molar-refractivity contribution in [1.29, 1.82) is 0 Å². The molecular formula is C14H14N2O2. The zero-order valence-corrected chi connectivity index (χ0v) is 10.2. The molecule has 1 aliphatic heterocycles. The van der Waals surface area contributed by atoms with Gasteiger partial charge in [-0.1, -0.05) is 0 Å². The van der Waals surface area contributed by atoms with Crippen LogP contribution >= 0.6 is 0 Å². The molecule has 0 fully saturated rings. The number of aliphatic imine (C=N–C) groups is 1. The van der Waals surface area contributed by atoms with Crippen LogP contribution < -0.4 is 4.90 Å². The molecule has 0 saturated carbocycles. The van der Waals surface area contributed by atoms with Crippen LogP contribution in [0.1, 0.15) is 17.5 Å². The Morgan fingerprint density at radius 1 is 1.39 bits per heavy atom. The number of Topliss-reactive ketones (excluding diaryl/α,β-unsaturated/α-hetero) is 1. The minimum absolute atomic E-state index is 0.0437. The summed E-state index contributed by atoms with van der Waals surface area (Å²) < 4.78 is 5.48. The van der Waals surface area contributed by atoms with Crippen molar-refractivity contribution in [3.8, 4) is 0 Å². The summed E-state index contributed by atoms with van der Waals surface area (Å²) in [5, 5.41) is 0.972. The lowest BCUT2D eigenvalue weighted by Gasteiger charge is -2.24. The van der Waals surface area contributed by atoms with Crippen molar-refractivity contribution in [3.63, 3.8) is 0 Å². The molecule has 92 valence electrons. The van der Waals surface area contributed by atoms with Crippen LogP contribution in [0, 0.1) is 0 Å². The minimum Gasteiger partial charge on any atom is -0.453 e. The highest BCUT2D eigenvalue weighted by Crippen LogP contribution is 2.25. The normalized spacial score (nSPS) is 15.3. The summed E-state index contributed by atoms with van der Waals surface area (Å²) in [6, 6.07) is 7.81. The van der Waals surface area contributed by atoms with E-state index in [2.05, 4.69) is 16.0 Å². The maximum Gasteiger partial charge on any atom is 0.194 e. The number of carbonyl (C=O) groups is 1. The van der Waals surface area contributed by atoms with Crippen molar-refractivity contribution in [2.24, 2.45) is 4.99 Å². The molecule has 1 aromatic heterocycles. The minimum atomic E-state index is -0.0437. The lowest BCUT2D eigenvalue weighted by Crippen LogP contribution is -2.31. The lowest BCUT2D eigenvalue weighted by molar-refractivity contribution is 0.0989. The highest BCUT2D eigenvalue weighted by atomic mass is 16.3. The van der Waals surface area contributed by atoms with Gasteiger partial charge in [0.15, 0.2) is 11.5 Å². The van der Waals surface area contributed by atoms with Crippen LogP contribution in [0.15, 0.2) is 33.7 Å². The van der Waals surface area contributed by atoms with E-state index in [9.17, 15) is 4.79 Å². The van der Waals surface area contributed by atoms with Crippen LogP contribution in [-0.4, -0.2) is 31.6 Å². The lowest BCUT2D eigenvalue weighted by atomic mass is 10.2. The zero-order valence-electron chi connectivity index (χ0n) is 10.2. The maximum absolute atomic E-state index is 11.3. The first kappa shape index (κ1) is 11.0. The molecule has 18 heavy (non-hydrogen) atoms. The van der Waals surface area contributed by atoms with Crippen molar-refractivity contribution >= 4 is 28.7 Å². The third-order valence-corrected chi connectivity index (χ3v) is 3.14. The van der Waals surface area contributed by atoms with Crippen LogP contribution in [0.2, 0.25) is 0 Å². The smallest absolute Gasteiger partial charge is 0.194 e. The van der Waals surface area contributed by atoms with Crippen molar-refractivity contribution in [2.45, 2.75) is 6.92 Å².